The number of piperazine rings is 1. The van der Waals surface area contributed by atoms with Crippen molar-refractivity contribution < 1.29 is 9.90 Å². The Morgan fingerprint density at radius 2 is 2.44 bits per heavy atom. The molecule has 1 heterocycles. The van der Waals surface area contributed by atoms with Crippen LogP contribution in [0.4, 0.5) is 0 Å². The summed E-state index contributed by atoms with van der Waals surface area (Å²) in [6, 6.07) is -0.173. The van der Waals surface area contributed by atoms with Crippen LogP contribution in [0.1, 0.15) is 6.92 Å². The summed E-state index contributed by atoms with van der Waals surface area (Å²) >= 11 is 0. The topological polar surface area (TPSA) is 61.4 Å². The van der Waals surface area contributed by atoms with E-state index in [1.807, 2.05) is 0 Å². The maximum atomic E-state index is 10.7. The van der Waals surface area contributed by atoms with Crippen LogP contribution in [0.3, 0.4) is 0 Å². The van der Waals surface area contributed by atoms with E-state index in [1.165, 1.54) is 0 Å². The largest absolute Gasteiger partial charge is 0.372 e. The Morgan fingerprint density at radius 3 is 2.89 bits per heavy atom. The Bertz CT molecular complexity index is 126. The Labute approximate surface area is 53.2 Å². The van der Waals surface area contributed by atoms with E-state index in [-0.39, 0.29) is 11.9 Å². The molecule has 1 aliphatic heterocycles. The lowest BCUT2D eigenvalue weighted by Gasteiger charge is -2.24. The SMILES string of the molecule is CC1NCC(O)NC1=O. The summed E-state index contributed by atoms with van der Waals surface area (Å²) in [7, 11) is 0. The zero-order valence-electron chi connectivity index (χ0n) is 5.22. The van der Waals surface area contributed by atoms with Crippen LogP contribution < -0.4 is 10.6 Å². The highest BCUT2D eigenvalue weighted by atomic mass is 16.3. The molecule has 1 aliphatic rings. The van der Waals surface area contributed by atoms with Gasteiger partial charge >= 0.3 is 0 Å². The number of nitrogens with one attached hydrogen (secondary N) is 2. The highest BCUT2D eigenvalue weighted by Crippen LogP contribution is 1.89. The Kier molecular flexibility index (Phi) is 1.68. The summed E-state index contributed by atoms with van der Waals surface area (Å²) in [6.45, 7) is 2.19. The molecule has 1 amide bonds. The molecule has 0 spiro atoms. The normalized spacial score (nSPS) is 36.0. The van der Waals surface area contributed by atoms with Gasteiger partial charge in [-0.05, 0) is 6.92 Å². The van der Waals surface area contributed by atoms with Crippen molar-refractivity contribution in [3.05, 3.63) is 0 Å². The molecular formula is C5H10N2O2. The molecule has 4 heteroatoms. The number of hydrogen-bond donors (Lipinski definition) is 3. The highest BCUT2D eigenvalue weighted by Gasteiger charge is 2.21. The minimum atomic E-state index is -0.714. The molecule has 2 unspecified atom stereocenters. The molecule has 1 saturated heterocycles. The first-order chi connectivity index (χ1) is 4.20. The minimum absolute atomic E-state index is 0.145. The third kappa shape index (κ3) is 1.40. The maximum absolute atomic E-state index is 10.7. The fourth-order valence-electron chi connectivity index (χ4n) is 0.721. The summed E-state index contributed by atoms with van der Waals surface area (Å²) < 4.78 is 0. The van der Waals surface area contributed by atoms with Crippen LogP contribution in [0.15, 0.2) is 0 Å². The predicted octanol–water partition coefficient (Wildman–Crippen LogP) is -1.59. The van der Waals surface area contributed by atoms with Gasteiger partial charge in [0.05, 0.1) is 6.04 Å². The number of aliphatic hydroxyl groups is 1. The van der Waals surface area contributed by atoms with Crippen molar-refractivity contribution >= 4 is 5.91 Å². The van der Waals surface area contributed by atoms with E-state index in [4.69, 9.17) is 5.11 Å². The van der Waals surface area contributed by atoms with Gasteiger partial charge < -0.3 is 15.7 Å². The molecule has 52 valence electrons. The van der Waals surface area contributed by atoms with Crippen molar-refractivity contribution in [2.45, 2.75) is 19.2 Å². The van der Waals surface area contributed by atoms with E-state index in [1.54, 1.807) is 6.92 Å². The molecule has 0 aromatic heterocycles. The zero-order valence-corrected chi connectivity index (χ0v) is 5.22. The molecule has 1 rings (SSSR count). The van der Waals surface area contributed by atoms with Gasteiger partial charge in [0.2, 0.25) is 5.91 Å². The first-order valence-electron chi connectivity index (χ1n) is 2.92. The number of carbonyl (C=O) groups is 1. The standard InChI is InChI=1S/C5H10N2O2/c1-3-5(9)7-4(8)2-6-3/h3-4,6,8H,2H2,1H3,(H,7,9). The van der Waals surface area contributed by atoms with E-state index in [0.29, 0.717) is 6.54 Å². The van der Waals surface area contributed by atoms with Gasteiger partial charge in [-0.3, -0.25) is 4.79 Å². The average Bonchev–Trinajstić information content (AvgIpc) is 1.80. The number of rotatable bonds is 0. The lowest BCUT2D eigenvalue weighted by Crippen LogP contribution is -2.56. The second-order valence-corrected chi connectivity index (χ2v) is 2.15. The molecule has 9 heavy (non-hydrogen) atoms. The fraction of sp³-hybridized carbons (Fsp3) is 0.800. The van der Waals surface area contributed by atoms with Crippen molar-refractivity contribution in [1.82, 2.24) is 10.6 Å². The van der Waals surface area contributed by atoms with Gasteiger partial charge in [0.15, 0.2) is 0 Å². The first-order valence-corrected chi connectivity index (χ1v) is 2.92. The summed E-state index contributed by atoms with van der Waals surface area (Å²) in [6.07, 6.45) is -0.714. The molecular weight excluding hydrogens is 120 g/mol. The molecule has 0 saturated carbocycles. The van der Waals surface area contributed by atoms with Crippen LogP contribution in [0.2, 0.25) is 0 Å². The number of amides is 1. The number of β-amino-alcohol motifs (C(OH)–C–C–N with tert-alkyl or cyclic N) is 1. The van der Waals surface area contributed by atoms with Crippen LogP contribution in [0, 0.1) is 0 Å². The van der Waals surface area contributed by atoms with Crippen molar-refractivity contribution in [2.24, 2.45) is 0 Å². The van der Waals surface area contributed by atoms with Gasteiger partial charge in [0.25, 0.3) is 0 Å². The van der Waals surface area contributed by atoms with Crippen molar-refractivity contribution in [1.29, 1.82) is 0 Å². The Hall–Kier alpha value is -0.610. The zero-order chi connectivity index (χ0) is 6.85. The maximum Gasteiger partial charge on any atom is 0.238 e. The monoisotopic (exact) mass is 130 g/mol. The average molecular weight is 130 g/mol. The van der Waals surface area contributed by atoms with Crippen LogP contribution in [-0.4, -0.2) is 29.8 Å². The minimum Gasteiger partial charge on any atom is -0.372 e. The summed E-state index contributed by atoms with van der Waals surface area (Å²) in [5.74, 6) is -0.145. The van der Waals surface area contributed by atoms with E-state index < -0.39 is 6.23 Å². The third-order valence-electron chi connectivity index (χ3n) is 1.32. The smallest absolute Gasteiger partial charge is 0.238 e. The van der Waals surface area contributed by atoms with Crippen LogP contribution in [-0.2, 0) is 4.79 Å². The Balaban J connectivity index is 2.44. The van der Waals surface area contributed by atoms with Crippen LogP contribution >= 0.6 is 0 Å². The number of carbonyl (C=O) groups excluding carboxylic acids is 1. The second kappa shape index (κ2) is 2.33. The molecule has 3 N–H and O–H groups in total. The van der Waals surface area contributed by atoms with E-state index in [0.717, 1.165) is 0 Å². The summed E-state index contributed by atoms with van der Waals surface area (Å²) in [4.78, 5) is 10.7. The number of hydrogen-bond acceptors (Lipinski definition) is 3. The third-order valence-corrected chi connectivity index (χ3v) is 1.32. The summed E-state index contributed by atoms with van der Waals surface area (Å²) in [5.41, 5.74) is 0. The van der Waals surface area contributed by atoms with Gasteiger partial charge in [-0.1, -0.05) is 0 Å². The first kappa shape index (κ1) is 6.51. The highest BCUT2D eigenvalue weighted by molar-refractivity contribution is 5.82. The van der Waals surface area contributed by atoms with Crippen LogP contribution in [0.25, 0.3) is 0 Å². The van der Waals surface area contributed by atoms with Gasteiger partial charge in [0, 0.05) is 6.54 Å². The lowest BCUT2D eigenvalue weighted by molar-refractivity contribution is -0.128. The molecule has 0 aromatic carbocycles. The predicted molar refractivity (Wildman–Crippen MR) is 31.6 cm³/mol. The second-order valence-electron chi connectivity index (χ2n) is 2.15. The molecule has 0 radical (unpaired) electrons. The van der Waals surface area contributed by atoms with E-state index in [2.05, 4.69) is 10.6 Å². The van der Waals surface area contributed by atoms with Gasteiger partial charge in [-0.2, -0.15) is 0 Å². The molecule has 4 nitrogen and oxygen atoms in total. The van der Waals surface area contributed by atoms with Crippen LogP contribution in [0.5, 0.6) is 0 Å². The van der Waals surface area contributed by atoms with Crippen molar-refractivity contribution in [3.8, 4) is 0 Å². The molecule has 0 bridgehead atoms. The quantitative estimate of drug-likeness (QED) is 0.370. The van der Waals surface area contributed by atoms with Crippen molar-refractivity contribution in [2.75, 3.05) is 6.54 Å². The Morgan fingerprint density at radius 1 is 1.78 bits per heavy atom. The lowest BCUT2D eigenvalue weighted by atomic mass is 10.2. The summed E-state index contributed by atoms with van der Waals surface area (Å²) in [5, 5.41) is 14.0. The molecule has 1 fully saturated rings. The fourth-order valence-corrected chi connectivity index (χ4v) is 0.721. The van der Waals surface area contributed by atoms with Gasteiger partial charge in [-0.25, -0.2) is 0 Å². The molecule has 2 atom stereocenters. The van der Waals surface area contributed by atoms with E-state index in [9.17, 15) is 4.79 Å². The van der Waals surface area contributed by atoms with Gasteiger partial charge in [0.1, 0.15) is 6.23 Å². The van der Waals surface area contributed by atoms with Gasteiger partial charge in [-0.15, -0.1) is 0 Å². The number of aliphatic hydroxyl groups excluding tert-OH is 1. The molecule has 0 aliphatic carbocycles. The van der Waals surface area contributed by atoms with Crippen molar-refractivity contribution in [3.63, 3.8) is 0 Å². The van der Waals surface area contributed by atoms with E-state index >= 15 is 0 Å². The molecule has 0 aromatic rings.